The summed E-state index contributed by atoms with van der Waals surface area (Å²) in [5.41, 5.74) is 0.324. The minimum Gasteiger partial charge on any atom is -0.381 e. The first-order valence-electron chi connectivity index (χ1n) is 10.5. The molecular weight excluding hydrogens is 408 g/mol. The highest BCUT2D eigenvalue weighted by Gasteiger charge is 2.43. The number of aromatic nitrogens is 1. The molecule has 2 aromatic carbocycles. The number of amides is 1. The van der Waals surface area contributed by atoms with E-state index in [-0.39, 0.29) is 5.92 Å². The highest BCUT2D eigenvalue weighted by atomic mass is 16.5. The number of hydrogen-bond donors (Lipinski definition) is 2. The number of rotatable bonds is 3. The van der Waals surface area contributed by atoms with Crippen molar-refractivity contribution in [1.82, 2.24) is 5.16 Å². The van der Waals surface area contributed by atoms with Crippen molar-refractivity contribution >= 4 is 22.4 Å². The van der Waals surface area contributed by atoms with Gasteiger partial charge in [0.25, 0.3) is 5.91 Å². The Kier molecular flexibility index (Phi) is 6.08. The fourth-order valence-electron chi connectivity index (χ4n) is 3.80. The maximum Gasteiger partial charge on any atom is 0.366 e. The molecule has 1 aliphatic rings. The van der Waals surface area contributed by atoms with E-state index in [1.807, 2.05) is 31.2 Å². The monoisotopic (exact) mass is 432 g/mol. The van der Waals surface area contributed by atoms with Gasteiger partial charge < -0.3 is 19.7 Å². The molecule has 7 nitrogen and oxygen atoms in total. The second kappa shape index (κ2) is 8.95. The molecule has 3 aromatic rings. The molecule has 2 N–H and O–H groups in total. The fourth-order valence-corrected chi connectivity index (χ4v) is 3.80. The molecular formula is C25H24N2O5. The Morgan fingerprint density at radius 2 is 1.84 bits per heavy atom. The molecule has 1 amide bonds. The Bertz CT molecular complexity index is 1260. The van der Waals surface area contributed by atoms with E-state index in [1.165, 1.54) is 0 Å². The van der Waals surface area contributed by atoms with Crippen LogP contribution < -0.4 is 10.9 Å². The number of carbonyl (C=O) groups is 1. The normalized spacial score (nSPS) is 16.1. The quantitative estimate of drug-likeness (QED) is 0.617. The third kappa shape index (κ3) is 4.42. The van der Waals surface area contributed by atoms with E-state index in [1.54, 1.807) is 25.1 Å². The predicted octanol–water partition coefficient (Wildman–Crippen LogP) is 2.95. The average Bonchev–Trinajstić information content (AvgIpc) is 2.81. The van der Waals surface area contributed by atoms with Crippen LogP contribution >= 0.6 is 0 Å². The maximum absolute atomic E-state index is 13.3. The second-order valence-electron chi connectivity index (χ2n) is 8.04. The van der Waals surface area contributed by atoms with Crippen LogP contribution in [0.4, 0.5) is 5.69 Å². The van der Waals surface area contributed by atoms with Gasteiger partial charge in [0, 0.05) is 35.8 Å². The topological polar surface area (TPSA) is 102 Å². The molecule has 1 aromatic heterocycles. The minimum atomic E-state index is -1.90. The first-order chi connectivity index (χ1) is 15.4. The summed E-state index contributed by atoms with van der Waals surface area (Å²) >= 11 is 0. The largest absolute Gasteiger partial charge is 0.381 e. The summed E-state index contributed by atoms with van der Waals surface area (Å²) in [6.07, 6.45) is 1.04. The lowest BCUT2D eigenvalue weighted by Gasteiger charge is -2.33. The summed E-state index contributed by atoms with van der Waals surface area (Å²) in [5.74, 6) is 4.81. The molecule has 4 rings (SSSR count). The molecule has 0 saturated carbocycles. The average molecular weight is 432 g/mol. The van der Waals surface area contributed by atoms with Crippen LogP contribution in [0.1, 0.15) is 29.7 Å². The van der Waals surface area contributed by atoms with Gasteiger partial charge in [-0.1, -0.05) is 34.7 Å². The molecule has 32 heavy (non-hydrogen) atoms. The van der Waals surface area contributed by atoms with Crippen molar-refractivity contribution in [1.29, 1.82) is 0 Å². The first-order valence-corrected chi connectivity index (χ1v) is 10.5. The van der Waals surface area contributed by atoms with Gasteiger partial charge in [-0.15, -0.1) is 0 Å². The number of nitrogens with zero attached hydrogens (tertiary/aromatic N) is 1. The van der Waals surface area contributed by atoms with Gasteiger partial charge in [-0.25, -0.2) is 4.79 Å². The van der Waals surface area contributed by atoms with Crippen LogP contribution in [0.2, 0.25) is 0 Å². The van der Waals surface area contributed by atoms with Crippen LogP contribution in [-0.4, -0.2) is 35.0 Å². The van der Waals surface area contributed by atoms with E-state index in [4.69, 9.17) is 9.26 Å². The van der Waals surface area contributed by atoms with Crippen molar-refractivity contribution in [2.24, 2.45) is 5.92 Å². The highest BCUT2D eigenvalue weighted by molar-refractivity contribution is 6.01. The Morgan fingerprint density at radius 3 is 2.56 bits per heavy atom. The van der Waals surface area contributed by atoms with E-state index in [9.17, 15) is 14.7 Å². The van der Waals surface area contributed by atoms with E-state index in [0.717, 1.165) is 5.56 Å². The molecule has 0 radical (unpaired) electrons. The third-order valence-corrected chi connectivity index (χ3v) is 5.76. The molecule has 0 spiro atoms. The molecule has 1 unspecified atom stereocenters. The van der Waals surface area contributed by atoms with Gasteiger partial charge in [-0.3, -0.25) is 4.79 Å². The zero-order chi connectivity index (χ0) is 22.7. The predicted molar refractivity (Wildman–Crippen MR) is 120 cm³/mol. The lowest BCUT2D eigenvalue weighted by Crippen LogP contribution is -2.50. The van der Waals surface area contributed by atoms with Crippen LogP contribution in [0.25, 0.3) is 10.8 Å². The summed E-state index contributed by atoms with van der Waals surface area (Å²) in [4.78, 5) is 25.2. The third-order valence-electron chi connectivity index (χ3n) is 5.76. The van der Waals surface area contributed by atoms with Gasteiger partial charge in [0.05, 0.1) is 11.1 Å². The number of fused-ring (bicyclic) bond motifs is 1. The number of hydrogen-bond acceptors (Lipinski definition) is 6. The van der Waals surface area contributed by atoms with Crippen LogP contribution in [0.3, 0.4) is 0 Å². The van der Waals surface area contributed by atoms with Crippen LogP contribution in [0.15, 0.2) is 51.8 Å². The molecule has 1 aliphatic heterocycles. The van der Waals surface area contributed by atoms with Crippen LogP contribution in [-0.2, 0) is 9.53 Å². The number of benzene rings is 2. The molecule has 1 fully saturated rings. The van der Waals surface area contributed by atoms with Crippen molar-refractivity contribution in [2.45, 2.75) is 32.3 Å². The Morgan fingerprint density at radius 1 is 1.12 bits per heavy atom. The summed E-state index contributed by atoms with van der Waals surface area (Å²) < 4.78 is 10.1. The number of carbonyl (C=O) groups excluding carboxylic acids is 1. The van der Waals surface area contributed by atoms with E-state index < -0.39 is 17.1 Å². The highest BCUT2D eigenvalue weighted by Crippen LogP contribution is 2.29. The van der Waals surface area contributed by atoms with Crippen molar-refractivity contribution in [3.63, 3.8) is 0 Å². The smallest absolute Gasteiger partial charge is 0.366 e. The summed E-state index contributed by atoms with van der Waals surface area (Å²) in [6.45, 7) is 4.61. The van der Waals surface area contributed by atoms with Crippen LogP contribution in [0.5, 0.6) is 0 Å². The summed E-state index contributed by atoms with van der Waals surface area (Å²) in [6, 6.07) is 12.4. The van der Waals surface area contributed by atoms with Crippen molar-refractivity contribution in [3.8, 4) is 11.8 Å². The van der Waals surface area contributed by atoms with Gasteiger partial charge in [-0.2, -0.15) is 0 Å². The van der Waals surface area contributed by atoms with Gasteiger partial charge in [-0.05, 0) is 57.0 Å². The molecule has 1 saturated heterocycles. The molecule has 7 heteroatoms. The maximum atomic E-state index is 13.3. The number of anilines is 1. The first kappa shape index (κ1) is 21.8. The molecule has 2 heterocycles. The van der Waals surface area contributed by atoms with Gasteiger partial charge in [0.2, 0.25) is 5.60 Å². The second-order valence-corrected chi connectivity index (χ2v) is 8.04. The number of aliphatic hydroxyl groups is 1. The summed E-state index contributed by atoms with van der Waals surface area (Å²) in [5, 5.41) is 18.9. The van der Waals surface area contributed by atoms with Crippen LogP contribution in [0, 0.1) is 31.6 Å². The minimum absolute atomic E-state index is 0.370. The Balaban J connectivity index is 1.67. The molecule has 1 atom stereocenters. The zero-order valence-electron chi connectivity index (χ0n) is 18.0. The number of ether oxygens (including phenoxy) is 1. The van der Waals surface area contributed by atoms with E-state index in [2.05, 4.69) is 22.3 Å². The van der Waals surface area contributed by atoms with Gasteiger partial charge >= 0.3 is 5.63 Å². The van der Waals surface area contributed by atoms with E-state index in [0.29, 0.717) is 53.8 Å². The lowest BCUT2D eigenvalue weighted by atomic mass is 9.81. The van der Waals surface area contributed by atoms with E-state index >= 15 is 0 Å². The standard InChI is InChI=1S/C25H24N2O5/c1-16-3-5-18(6-4-16)9-12-25(30,19-10-13-31-14-11-19)24(29)26-20-7-8-21-22(15-20)17(2)27-32-23(21)28/h3-8,15,19,30H,10-11,13-14H2,1-2H3,(H,26,29). The number of nitrogens with one attached hydrogen (secondary N) is 1. The van der Waals surface area contributed by atoms with Crippen molar-refractivity contribution in [2.75, 3.05) is 18.5 Å². The molecule has 0 aliphatic carbocycles. The Labute approximate surface area is 185 Å². The SMILES string of the molecule is Cc1ccc(C#CC(O)(C(=O)Nc2ccc3c(=O)onc(C)c3c2)C2CCOCC2)cc1. The Hall–Kier alpha value is -3.47. The lowest BCUT2D eigenvalue weighted by molar-refractivity contribution is -0.136. The van der Waals surface area contributed by atoms with Gasteiger partial charge in [0.1, 0.15) is 0 Å². The summed E-state index contributed by atoms with van der Waals surface area (Å²) in [7, 11) is 0. The zero-order valence-corrected chi connectivity index (χ0v) is 18.0. The van der Waals surface area contributed by atoms with Crippen molar-refractivity contribution in [3.05, 3.63) is 69.7 Å². The van der Waals surface area contributed by atoms with Gasteiger partial charge in [0.15, 0.2) is 0 Å². The molecule has 0 bridgehead atoms. The van der Waals surface area contributed by atoms with Crippen molar-refractivity contribution < 1.29 is 19.2 Å². The number of aryl methyl sites for hydroxylation is 2. The fraction of sp³-hybridized carbons (Fsp3) is 0.320. The molecule has 164 valence electrons.